The van der Waals surface area contributed by atoms with Gasteiger partial charge in [0, 0.05) is 17.0 Å². The summed E-state index contributed by atoms with van der Waals surface area (Å²) < 4.78 is 0. The number of rotatable bonds is 6. The molecule has 7 heteroatoms. The van der Waals surface area contributed by atoms with Crippen molar-refractivity contribution in [3.05, 3.63) is 34.0 Å². The van der Waals surface area contributed by atoms with Crippen LogP contribution in [0.25, 0.3) is 0 Å². The van der Waals surface area contributed by atoms with Gasteiger partial charge in [0.05, 0.1) is 5.56 Å². The molecule has 1 atom stereocenters. The van der Waals surface area contributed by atoms with Gasteiger partial charge in [-0.05, 0) is 23.8 Å². The van der Waals surface area contributed by atoms with Gasteiger partial charge in [-0.15, -0.1) is 11.3 Å². The first-order chi connectivity index (χ1) is 10.1. The van der Waals surface area contributed by atoms with Gasteiger partial charge >= 0.3 is 0 Å². The van der Waals surface area contributed by atoms with Crippen molar-refractivity contribution in [2.45, 2.75) is 26.3 Å². The number of nitrogens with one attached hydrogen (secondary N) is 2. The Morgan fingerprint density at radius 2 is 2.14 bits per heavy atom. The molecule has 0 spiro atoms. The van der Waals surface area contributed by atoms with Crippen LogP contribution in [-0.4, -0.2) is 22.8 Å². The molecule has 2 N–H and O–H groups in total. The van der Waals surface area contributed by atoms with E-state index in [2.05, 4.69) is 15.6 Å². The monoisotopic (exact) mass is 323 g/mol. The lowest BCUT2D eigenvalue weighted by atomic mass is 10.0. The lowest BCUT2D eigenvalue weighted by Gasteiger charge is -2.19. The number of carbonyl (C=O) groups is 2. The standard InChI is InChI=1S/C14H17N3O2S2/c1-9(2)7-11(13(19)17-14-15-4-6-21-14)16-12(18)10-3-5-20-8-10/h3-6,8-9,11H,7H2,1-2H3,(H,16,18)(H,15,17,19). The van der Waals surface area contributed by atoms with Gasteiger partial charge in [-0.2, -0.15) is 11.3 Å². The molecule has 112 valence electrons. The number of aromatic nitrogens is 1. The van der Waals surface area contributed by atoms with Gasteiger partial charge in [-0.25, -0.2) is 4.98 Å². The maximum atomic E-state index is 12.3. The first-order valence-corrected chi connectivity index (χ1v) is 8.42. The zero-order chi connectivity index (χ0) is 15.2. The van der Waals surface area contributed by atoms with Crippen molar-refractivity contribution >= 4 is 39.6 Å². The number of carbonyl (C=O) groups excluding carboxylic acids is 2. The molecule has 0 aliphatic heterocycles. The average molecular weight is 323 g/mol. The smallest absolute Gasteiger partial charge is 0.252 e. The Balaban J connectivity index is 2.03. The number of nitrogens with zero attached hydrogens (tertiary/aromatic N) is 1. The Labute approximate surface area is 131 Å². The molecule has 0 saturated carbocycles. The summed E-state index contributed by atoms with van der Waals surface area (Å²) in [6.45, 7) is 4.03. The van der Waals surface area contributed by atoms with E-state index in [4.69, 9.17) is 0 Å². The van der Waals surface area contributed by atoms with Crippen LogP contribution in [-0.2, 0) is 4.79 Å². The van der Waals surface area contributed by atoms with Gasteiger partial charge in [0.1, 0.15) is 6.04 Å². The summed E-state index contributed by atoms with van der Waals surface area (Å²) in [7, 11) is 0. The summed E-state index contributed by atoms with van der Waals surface area (Å²) >= 11 is 2.80. The Bertz CT molecular complexity index is 579. The number of thiazole rings is 1. The first kappa shape index (κ1) is 15.7. The molecule has 0 saturated heterocycles. The molecule has 0 bridgehead atoms. The SMILES string of the molecule is CC(C)CC(NC(=O)c1ccsc1)C(=O)Nc1nccs1. The Morgan fingerprint density at radius 1 is 1.33 bits per heavy atom. The van der Waals surface area contributed by atoms with Gasteiger partial charge in [-0.1, -0.05) is 13.8 Å². The molecule has 2 rings (SSSR count). The molecule has 1 unspecified atom stereocenters. The third-order valence-corrected chi connectivity index (χ3v) is 4.15. The van der Waals surface area contributed by atoms with Crippen LogP contribution in [0.3, 0.4) is 0 Å². The van der Waals surface area contributed by atoms with Gasteiger partial charge < -0.3 is 10.6 Å². The second-order valence-electron chi connectivity index (χ2n) is 4.99. The van der Waals surface area contributed by atoms with Crippen LogP contribution in [0.4, 0.5) is 5.13 Å². The van der Waals surface area contributed by atoms with Gasteiger partial charge in [0.15, 0.2) is 5.13 Å². The Morgan fingerprint density at radius 3 is 2.71 bits per heavy atom. The number of amides is 2. The molecule has 2 heterocycles. The van der Waals surface area contributed by atoms with Crippen molar-refractivity contribution in [2.24, 2.45) is 5.92 Å². The van der Waals surface area contributed by atoms with Crippen LogP contribution >= 0.6 is 22.7 Å². The van der Waals surface area contributed by atoms with E-state index in [1.807, 2.05) is 19.2 Å². The average Bonchev–Trinajstić information content (AvgIpc) is 3.10. The van der Waals surface area contributed by atoms with E-state index in [0.29, 0.717) is 23.0 Å². The van der Waals surface area contributed by atoms with Crippen LogP contribution in [0.2, 0.25) is 0 Å². The molecular weight excluding hydrogens is 306 g/mol. The largest absolute Gasteiger partial charge is 0.340 e. The molecule has 0 aliphatic rings. The minimum atomic E-state index is -0.568. The molecule has 2 amide bonds. The second-order valence-corrected chi connectivity index (χ2v) is 6.67. The highest BCUT2D eigenvalue weighted by atomic mass is 32.1. The lowest BCUT2D eigenvalue weighted by molar-refractivity contribution is -0.118. The molecule has 0 radical (unpaired) electrons. The highest BCUT2D eigenvalue weighted by Gasteiger charge is 2.23. The van der Waals surface area contributed by atoms with Crippen molar-refractivity contribution in [3.8, 4) is 0 Å². The van der Waals surface area contributed by atoms with Gasteiger partial charge in [0.2, 0.25) is 5.91 Å². The van der Waals surface area contributed by atoms with Crippen LogP contribution in [0.15, 0.2) is 28.4 Å². The Hall–Kier alpha value is -1.73. The van der Waals surface area contributed by atoms with Crippen LogP contribution in [0.5, 0.6) is 0 Å². The summed E-state index contributed by atoms with van der Waals surface area (Å²) in [6, 6.07) is 1.17. The lowest BCUT2D eigenvalue weighted by Crippen LogP contribution is -2.44. The van der Waals surface area contributed by atoms with Crippen LogP contribution in [0, 0.1) is 5.92 Å². The predicted octanol–water partition coefficient (Wildman–Crippen LogP) is 2.99. The summed E-state index contributed by atoms with van der Waals surface area (Å²) in [5, 5.41) is 11.5. The third kappa shape index (κ3) is 4.64. The number of thiophene rings is 1. The Kier molecular flexibility index (Phi) is 5.46. The molecule has 0 fully saturated rings. The van der Waals surface area contributed by atoms with E-state index >= 15 is 0 Å². The fourth-order valence-electron chi connectivity index (χ4n) is 1.82. The molecule has 2 aromatic rings. The zero-order valence-electron chi connectivity index (χ0n) is 11.8. The highest BCUT2D eigenvalue weighted by Crippen LogP contribution is 2.14. The summed E-state index contributed by atoms with van der Waals surface area (Å²) in [4.78, 5) is 28.4. The van der Waals surface area contributed by atoms with Gasteiger partial charge in [-0.3, -0.25) is 9.59 Å². The molecule has 0 aromatic carbocycles. The molecular formula is C14H17N3O2S2. The zero-order valence-corrected chi connectivity index (χ0v) is 13.5. The predicted molar refractivity (Wildman–Crippen MR) is 85.8 cm³/mol. The van der Waals surface area contributed by atoms with Gasteiger partial charge in [0.25, 0.3) is 5.91 Å². The summed E-state index contributed by atoms with van der Waals surface area (Å²) in [6.07, 6.45) is 2.20. The number of anilines is 1. The van der Waals surface area contributed by atoms with Crippen molar-refractivity contribution < 1.29 is 9.59 Å². The maximum absolute atomic E-state index is 12.3. The minimum Gasteiger partial charge on any atom is -0.340 e. The second kappa shape index (κ2) is 7.33. The van der Waals surface area contributed by atoms with E-state index < -0.39 is 6.04 Å². The van der Waals surface area contributed by atoms with Crippen molar-refractivity contribution in [3.63, 3.8) is 0 Å². The van der Waals surface area contributed by atoms with Crippen molar-refractivity contribution in [1.82, 2.24) is 10.3 Å². The quantitative estimate of drug-likeness (QED) is 0.858. The molecule has 21 heavy (non-hydrogen) atoms. The fraction of sp³-hybridized carbons (Fsp3) is 0.357. The van der Waals surface area contributed by atoms with E-state index in [9.17, 15) is 9.59 Å². The van der Waals surface area contributed by atoms with Crippen LogP contribution in [0.1, 0.15) is 30.6 Å². The number of hydrogen-bond acceptors (Lipinski definition) is 5. The van der Waals surface area contributed by atoms with E-state index in [1.54, 1.807) is 23.0 Å². The van der Waals surface area contributed by atoms with E-state index in [1.165, 1.54) is 22.7 Å². The topological polar surface area (TPSA) is 71.1 Å². The molecule has 2 aromatic heterocycles. The third-order valence-electron chi connectivity index (χ3n) is 2.77. The molecule has 5 nitrogen and oxygen atoms in total. The first-order valence-electron chi connectivity index (χ1n) is 6.59. The minimum absolute atomic E-state index is 0.226. The fourth-order valence-corrected chi connectivity index (χ4v) is 2.98. The van der Waals surface area contributed by atoms with Crippen molar-refractivity contribution in [2.75, 3.05) is 5.32 Å². The van der Waals surface area contributed by atoms with E-state index in [-0.39, 0.29) is 11.8 Å². The normalized spacial score (nSPS) is 12.1. The van der Waals surface area contributed by atoms with Crippen molar-refractivity contribution in [1.29, 1.82) is 0 Å². The number of hydrogen-bond donors (Lipinski definition) is 2. The summed E-state index contributed by atoms with van der Waals surface area (Å²) in [5.41, 5.74) is 0.579. The molecule has 0 aliphatic carbocycles. The highest BCUT2D eigenvalue weighted by molar-refractivity contribution is 7.13. The van der Waals surface area contributed by atoms with E-state index in [0.717, 1.165) is 0 Å². The van der Waals surface area contributed by atoms with Crippen LogP contribution < -0.4 is 10.6 Å². The maximum Gasteiger partial charge on any atom is 0.252 e. The summed E-state index contributed by atoms with van der Waals surface area (Å²) in [5.74, 6) is -0.168.